The molecule has 0 saturated heterocycles. The van der Waals surface area contributed by atoms with Gasteiger partial charge in [-0.2, -0.15) is 5.26 Å². The molecule has 5 nitrogen and oxygen atoms in total. The first kappa shape index (κ1) is 15.0. The number of aromatic nitrogens is 1. The van der Waals surface area contributed by atoms with Gasteiger partial charge in [-0.1, -0.05) is 13.0 Å². The molecular weight excluding hydrogens is 240 g/mol. The molecule has 0 aliphatic rings. The van der Waals surface area contributed by atoms with Crippen LogP contribution in [0.2, 0.25) is 0 Å². The van der Waals surface area contributed by atoms with E-state index in [9.17, 15) is 4.79 Å². The average molecular weight is 260 g/mol. The molecule has 0 aliphatic heterocycles. The molecule has 102 valence electrons. The maximum atomic E-state index is 12.1. The van der Waals surface area contributed by atoms with Crippen LogP contribution in [0.4, 0.5) is 5.82 Å². The molecule has 1 aromatic heterocycles. The second-order valence-corrected chi connectivity index (χ2v) is 4.55. The van der Waals surface area contributed by atoms with Crippen molar-refractivity contribution >= 4 is 11.7 Å². The molecule has 0 spiro atoms. The monoisotopic (exact) mass is 260 g/mol. The van der Waals surface area contributed by atoms with E-state index in [2.05, 4.69) is 23.3 Å². The lowest BCUT2D eigenvalue weighted by Crippen LogP contribution is -2.31. The number of nitrogens with zero attached hydrogens (tertiary/aromatic N) is 3. The molecule has 1 rings (SSSR count). The SMILES string of the molecule is CCCNc1cccc(C(=O)N(C)CC(C)C#N)n1. The van der Waals surface area contributed by atoms with Crippen molar-refractivity contribution in [3.63, 3.8) is 0 Å². The molecule has 5 heteroatoms. The predicted octanol–water partition coefficient (Wildman–Crippen LogP) is 2.14. The number of amides is 1. The zero-order valence-electron chi connectivity index (χ0n) is 11.7. The van der Waals surface area contributed by atoms with E-state index in [-0.39, 0.29) is 11.8 Å². The summed E-state index contributed by atoms with van der Waals surface area (Å²) in [5.74, 6) is 0.354. The van der Waals surface area contributed by atoms with Gasteiger partial charge < -0.3 is 10.2 Å². The summed E-state index contributed by atoms with van der Waals surface area (Å²) in [4.78, 5) is 18.0. The fourth-order valence-corrected chi connectivity index (χ4v) is 1.64. The van der Waals surface area contributed by atoms with Gasteiger partial charge in [0.1, 0.15) is 11.5 Å². The van der Waals surface area contributed by atoms with Crippen LogP contribution in [-0.2, 0) is 0 Å². The van der Waals surface area contributed by atoms with Crippen molar-refractivity contribution in [3.8, 4) is 6.07 Å². The largest absolute Gasteiger partial charge is 0.370 e. The Morgan fingerprint density at radius 1 is 1.58 bits per heavy atom. The fourth-order valence-electron chi connectivity index (χ4n) is 1.64. The number of anilines is 1. The van der Waals surface area contributed by atoms with Gasteiger partial charge in [0.2, 0.25) is 0 Å². The first-order valence-corrected chi connectivity index (χ1v) is 6.44. The van der Waals surface area contributed by atoms with Crippen LogP contribution >= 0.6 is 0 Å². The Kier molecular flexibility index (Phi) is 5.80. The number of nitrogens with one attached hydrogen (secondary N) is 1. The Bertz CT molecular complexity index is 467. The summed E-state index contributed by atoms with van der Waals surface area (Å²) in [7, 11) is 1.68. The molecule has 19 heavy (non-hydrogen) atoms. The van der Waals surface area contributed by atoms with E-state index in [1.54, 1.807) is 26.1 Å². The van der Waals surface area contributed by atoms with E-state index < -0.39 is 0 Å². The summed E-state index contributed by atoms with van der Waals surface area (Å²) in [6.07, 6.45) is 0.999. The molecular formula is C14H20N4O. The Hall–Kier alpha value is -2.09. The number of pyridine rings is 1. The van der Waals surface area contributed by atoms with Gasteiger partial charge in [-0.3, -0.25) is 4.79 Å². The van der Waals surface area contributed by atoms with Gasteiger partial charge in [0.25, 0.3) is 5.91 Å². The topological polar surface area (TPSA) is 69.0 Å². The predicted molar refractivity (Wildman–Crippen MR) is 74.8 cm³/mol. The number of hydrogen-bond donors (Lipinski definition) is 1. The highest BCUT2D eigenvalue weighted by Crippen LogP contribution is 2.08. The van der Waals surface area contributed by atoms with E-state index in [1.807, 2.05) is 6.07 Å². The van der Waals surface area contributed by atoms with Crippen LogP contribution in [0.3, 0.4) is 0 Å². The lowest BCUT2D eigenvalue weighted by molar-refractivity contribution is 0.0779. The zero-order chi connectivity index (χ0) is 14.3. The molecule has 1 unspecified atom stereocenters. The highest BCUT2D eigenvalue weighted by atomic mass is 16.2. The molecule has 0 bridgehead atoms. The number of carbonyl (C=O) groups excluding carboxylic acids is 1. The average Bonchev–Trinajstić information content (AvgIpc) is 2.44. The van der Waals surface area contributed by atoms with Crippen molar-refractivity contribution in [3.05, 3.63) is 23.9 Å². The standard InChI is InChI=1S/C14H20N4O/c1-4-8-16-13-7-5-6-12(17-13)14(19)18(3)10-11(2)9-15/h5-7,11H,4,8,10H2,1-3H3,(H,16,17). The zero-order valence-corrected chi connectivity index (χ0v) is 11.7. The van der Waals surface area contributed by atoms with E-state index in [4.69, 9.17) is 5.26 Å². The van der Waals surface area contributed by atoms with E-state index in [0.29, 0.717) is 18.1 Å². The second kappa shape index (κ2) is 7.37. The van der Waals surface area contributed by atoms with Crippen LogP contribution in [0.5, 0.6) is 0 Å². The molecule has 1 aromatic rings. The van der Waals surface area contributed by atoms with Crippen molar-refractivity contribution in [2.75, 3.05) is 25.5 Å². The third-order valence-corrected chi connectivity index (χ3v) is 2.64. The molecule has 0 fully saturated rings. The Morgan fingerprint density at radius 2 is 2.32 bits per heavy atom. The summed E-state index contributed by atoms with van der Waals surface area (Å²) in [5.41, 5.74) is 0.397. The first-order valence-electron chi connectivity index (χ1n) is 6.44. The molecule has 0 aromatic carbocycles. The first-order chi connectivity index (χ1) is 9.08. The maximum Gasteiger partial charge on any atom is 0.272 e. The minimum atomic E-state index is -0.185. The van der Waals surface area contributed by atoms with E-state index >= 15 is 0 Å². The van der Waals surface area contributed by atoms with Crippen LogP contribution in [0.25, 0.3) is 0 Å². The normalized spacial score (nSPS) is 11.5. The minimum Gasteiger partial charge on any atom is -0.370 e. The number of nitriles is 1. The van der Waals surface area contributed by atoms with Gasteiger partial charge >= 0.3 is 0 Å². The van der Waals surface area contributed by atoms with Gasteiger partial charge in [-0.05, 0) is 25.5 Å². The highest BCUT2D eigenvalue weighted by Gasteiger charge is 2.15. The molecule has 0 aliphatic carbocycles. The van der Waals surface area contributed by atoms with Crippen molar-refractivity contribution in [2.45, 2.75) is 20.3 Å². The van der Waals surface area contributed by atoms with Crippen molar-refractivity contribution in [1.82, 2.24) is 9.88 Å². The van der Waals surface area contributed by atoms with Crippen LogP contribution in [-0.4, -0.2) is 35.9 Å². The molecule has 0 radical (unpaired) electrons. The summed E-state index contributed by atoms with van der Waals surface area (Å²) in [6, 6.07) is 7.45. The summed E-state index contributed by atoms with van der Waals surface area (Å²) < 4.78 is 0. The van der Waals surface area contributed by atoms with Crippen molar-refractivity contribution < 1.29 is 4.79 Å². The van der Waals surface area contributed by atoms with Crippen LogP contribution in [0.1, 0.15) is 30.8 Å². The van der Waals surface area contributed by atoms with Gasteiger partial charge in [0, 0.05) is 20.1 Å². The van der Waals surface area contributed by atoms with E-state index in [0.717, 1.165) is 13.0 Å². The van der Waals surface area contributed by atoms with Crippen LogP contribution in [0, 0.1) is 17.2 Å². The van der Waals surface area contributed by atoms with Gasteiger partial charge in [-0.25, -0.2) is 4.98 Å². The Morgan fingerprint density at radius 3 is 2.95 bits per heavy atom. The van der Waals surface area contributed by atoms with Gasteiger partial charge in [0.15, 0.2) is 0 Å². The fraction of sp³-hybridized carbons (Fsp3) is 0.500. The quantitative estimate of drug-likeness (QED) is 0.850. The molecule has 1 N–H and O–H groups in total. The summed E-state index contributed by atoms with van der Waals surface area (Å²) in [6.45, 7) is 5.09. The lowest BCUT2D eigenvalue weighted by Gasteiger charge is -2.18. The Labute approximate surface area is 114 Å². The minimum absolute atomic E-state index is 0.165. The van der Waals surface area contributed by atoms with Crippen molar-refractivity contribution in [2.24, 2.45) is 5.92 Å². The lowest BCUT2D eigenvalue weighted by atomic mass is 10.2. The third kappa shape index (κ3) is 4.59. The molecule has 0 saturated carbocycles. The maximum absolute atomic E-state index is 12.1. The summed E-state index contributed by atoms with van der Waals surface area (Å²) in [5, 5.41) is 11.9. The van der Waals surface area contributed by atoms with E-state index in [1.165, 1.54) is 4.90 Å². The number of hydrogen-bond acceptors (Lipinski definition) is 4. The second-order valence-electron chi connectivity index (χ2n) is 4.55. The van der Waals surface area contributed by atoms with Crippen molar-refractivity contribution in [1.29, 1.82) is 5.26 Å². The number of rotatable bonds is 6. The van der Waals surface area contributed by atoms with Crippen LogP contribution in [0.15, 0.2) is 18.2 Å². The van der Waals surface area contributed by atoms with Gasteiger partial charge in [-0.15, -0.1) is 0 Å². The smallest absolute Gasteiger partial charge is 0.272 e. The molecule has 1 atom stereocenters. The highest BCUT2D eigenvalue weighted by molar-refractivity contribution is 5.92. The summed E-state index contributed by atoms with van der Waals surface area (Å²) >= 11 is 0. The Balaban J connectivity index is 2.73. The van der Waals surface area contributed by atoms with Gasteiger partial charge in [0.05, 0.1) is 12.0 Å². The molecule has 1 amide bonds. The third-order valence-electron chi connectivity index (χ3n) is 2.64. The van der Waals surface area contributed by atoms with Crippen LogP contribution < -0.4 is 5.32 Å². The molecule has 1 heterocycles. The number of carbonyl (C=O) groups is 1.